The minimum Gasteiger partial charge on any atom is -0.311 e. The molecule has 1 amide bonds. The Morgan fingerprint density at radius 3 is 2.59 bits per heavy atom. The summed E-state index contributed by atoms with van der Waals surface area (Å²) < 4.78 is 13.8. The summed E-state index contributed by atoms with van der Waals surface area (Å²) in [7, 11) is 1.67. The number of halogens is 2. The fourth-order valence-corrected chi connectivity index (χ4v) is 2.70. The van der Waals surface area contributed by atoms with E-state index >= 15 is 0 Å². The van der Waals surface area contributed by atoms with Crippen LogP contribution in [0.1, 0.15) is 10.4 Å². The lowest BCUT2D eigenvalue weighted by molar-refractivity contribution is 0.0993. The number of pyridine rings is 1. The lowest BCUT2D eigenvalue weighted by Crippen LogP contribution is -2.26. The second-order valence-corrected chi connectivity index (χ2v) is 5.75. The van der Waals surface area contributed by atoms with Crippen LogP contribution in [0.4, 0.5) is 10.1 Å². The van der Waals surface area contributed by atoms with Gasteiger partial charge in [-0.2, -0.15) is 0 Å². The van der Waals surface area contributed by atoms with Crippen molar-refractivity contribution in [2.24, 2.45) is 0 Å². The number of rotatable bonds is 2. The van der Waals surface area contributed by atoms with Crippen molar-refractivity contribution in [1.29, 1.82) is 0 Å². The number of fused-ring (bicyclic) bond motifs is 1. The van der Waals surface area contributed by atoms with Crippen LogP contribution in [-0.2, 0) is 0 Å². The number of benzene rings is 2. The van der Waals surface area contributed by atoms with Gasteiger partial charge in [0.1, 0.15) is 5.82 Å². The Labute approximate surface area is 135 Å². The third-order valence-corrected chi connectivity index (χ3v) is 4.11. The minimum atomic E-state index is -0.327. The van der Waals surface area contributed by atoms with Crippen molar-refractivity contribution in [3.8, 4) is 0 Å². The maximum atomic E-state index is 13.0. The molecule has 3 rings (SSSR count). The van der Waals surface area contributed by atoms with E-state index < -0.39 is 0 Å². The monoisotopic (exact) mass is 358 g/mol. The average molecular weight is 359 g/mol. The van der Waals surface area contributed by atoms with Crippen LogP contribution in [0, 0.1) is 5.82 Å². The van der Waals surface area contributed by atoms with Crippen molar-refractivity contribution >= 4 is 38.3 Å². The van der Waals surface area contributed by atoms with Crippen LogP contribution < -0.4 is 4.90 Å². The standard InChI is InChI=1S/C17H12BrFN2O/c1-21(14-6-4-13(19)5-7-14)17(22)11-2-3-12-9-20-10-16(18)15(12)8-11/h2-10H,1H3. The molecule has 0 radical (unpaired) electrons. The molecule has 110 valence electrons. The molecular weight excluding hydrogens is 347 g/mol. The Morgan fingerprint density at radius 2 is 1.86 bits per heavy atom. The highest BCUT2D eigenvalue weighted by Crippen LogP contribution is 2.25. The fraction of sp³-hybridized carbons (Fsp3) is 0.0588. The first-order chi connectivity index (χ1) is 10.6. The van der Waals surface area contributed by atoms with Gasteiger partial charge in [-0.3, -0.25) is 9.78 Å². The third kappa shape index (κ3) is 2.72. The minimum absolute atomic E-state index is 0.155. The number of hydrogen-bond acceptors (Lipinski definition) is 2. The van der Waals surface area contributed by atoms with Crippen molar-refractivity contribution in [2.75, 3.05) is 11.9 Å². The summed E-state index contributed by atoms with van der Waals surface area (Å²) in [4.78, 5) is 18.2. The van der Waals surface area contributed by atoms with Crippen molar-refractivity contribution in [3.63, 3.8) is 0 Å². The van der Waals surface area contributed by atoms with Crippen LogP contribution in [0.15, 0.2) is 59.3 Å². The summed E-state index contributed by atoms with van der Waals surface area (Å²) in [6, 6.07) is 11.3. The summed E-state index contributed by atoms with van der Waals surface area (Å²) in [6.07, 6.45) is 3.44. The molecule has 2 aromatic carbocycles. The zero-order valence-electron chi connectivity index (χ0n) is 11.8. The molecule has 3 nitrogen and oxygen atoms in total. The Morgan fingerprint density at radius 1 is 1.14 bits per heavy atom. The first-order valence-corrected chi connectivity index (χ1v) is 7.42. The molecule has 0 fully saturated rings. The van der Waals surface area contributed by atoms with E-state index in [9.17, 15) is 9.18 Å². The van der Waals surface area contributed by atoms with E-state index in [0.717, 1.165) is 15.2 Å². The lowest BCUT2D eigenvalue weighted by atomic mass is 10.1. The Hall–Kier alpha value is -2.27. The lowest BCUT2D eigenvalue weighted by Gasteiger charge is -2.17. The first kappa shape index (κ1) is 14.7. The van der Waals surface area contributed by atoms with E-state index in [1.54, 1.807) is 37.6 Å². The molecule has 0 saturated carbocycles. The number of carbonyl (C=O) groups excluding carboxylic acids is 1. The molecule has 0 spiro atoms. The largest absolute Gasteiger partial charge is 0.311 e. The Balaban J connectivity index is 1.97. The number of amides is 1. The predicted octanol–water partition coefficient (Wildman–Crippen LogP) is 4.41. The number of aromatic nitrogens is 1. The smallest absolute Gasteiger partial charge is 0.258 e. The van der Waals surface area contributed by atoms with Gasteiger partial charge in [0.25, 0.3) is 5.91 Å². The summed E-state index contributed by atoms with van der Waals surface area (Å²) in [5.74, 6) is -0.482. The van der Waals surface area contributed by atoms with E-state index in [2.05, 4.69) is 20.9 Å². The molecule has 0 saturated heterocycles. The highest BCUT2D eigenvalue weighted by molar-refractivity contribution is 9.10. The molecule has 0 unspecified atom stereocenters. The third-order valence-electron chi connectivity index (χ3n) is 3.48. The summed E-state index contributed by atoms with van der Waals surface area (Å²) >= 11 is 3.44. The number of nitrogens with zero attached hydrogens (tertiary/aromatic N) is 2. The zero-order chi connectivity index (χ0) is 15.7. The zero-order valence-corrected chi connectivity index (χ0v) is 13.3. The highest BCUT2D eigenvalue weighted by Gasteiger charge is 2.14. The van der Waals surface area contributed by atoms with Gasteiger partial charge in [-0.25, -0.2) is 4.39 Å². The molecule has 3 aromatic rings. The molecule has 22 heavy (non-hydrogen) atoms. The average Bonchev–Trinajstić information content (AvgIpc) is 2.54. The molecule has 0 aliphatic rings. The van der Waals surface area contributed by atoms with E-state index in [1.807, 2.05) is 12.1 Å². The molecule has 5 heteroatoms. The van der Waals surface area contributed by atoms with Gasteiger partial charge < -0.3 is 4.90 Å². The molecule has 0 bridgehead atoms. The van der Waals surface area contributed by atoms with Gasteiger partial charge in [-0.1, -0.05) is 6.07 Å². The van der Waals surface area contributed by atoms with E-state index in [1.165, 1.54) is 17.0 Å². The first-order valence-electron chi connectivity index (χ1n) is 6.63. The SMILES string of the molecule is CN(C(=O)c1ccc2cncc(Br)c2c1)c1ccc(F)cc1. The van der Waals surface area contributed by atoms with Gasteiger partial charge in [0.2, 0.25) is 0 Å². The number of carbonyl (C=O) groups is 1. The van der Waals surface area contributed by atoms with Gasteiger partial charge in [0, 0.05) is 40.6 Å². The van der Waals surface area contributed by atoms with Crippen LogP contribution in [0.2, 0.25) is 0 Å². The van der Waals surface area contributed by atoms with Crippen molar-refractivity contribution in [1.82, 2.24) is 4.98 Å². The van der Waals surface area contributed by atoms with Crippen molar-refractivity contribution in [3.05, 3.63) is 70.7 Å². The predicted molar refractivity (Wildman–Crippen MR) is 88.6 cm³/mol. The van der Waals surface area contributed by atoms with Crippen molar-refractivity contribution < 1.29 is 9.18 Å². The van der Waals surface area contributed by atoms with Gasteiger partial charge in [-0.15, -0.1) is 0 Å². The fourth-order valence-electron chi connectivity index (χ4n) is 2.24. The maximum absolute atomic E-state index is 13.0. The van der Waals surface area contributed by atoms with Crippen molar-refractivity contribution in [2.45, 2.75) is 0 Å². The topological polar surface area (TPSA) is 33.2 Å². The normalized spacial score (nSPS) is 10.7. The second-order valence-electron chi connectivity index (χ2n) is 4.90. The van der Waals surface area contributed by atoms with Crippen LogP contribution in [-0.4, -0.2) is 17.9 Å². The second kappa shape index (κ2) is 5.85. The molecule has 0 N–H and O–H groups in total. The number of hydrogen-bond donors (Lipinski definition) is 0. The highest BCUT2D eigenvalue weighted by atomic mass is 79.9. The van der Waals surface area contributed by atoms with Crippen LogP contribution in [0.5, 0.6) is 0 Å². The van der Waals surface area contributed by atoms with Crippen LogP contribution in [0.3, 0.4) is 0 Å². The molecular formula is C17H12BrFN2O. The van der Waals surface area contributed by atoms with Crippen LogP contribution >= 0.6 is 15.9 Å². The molecule has 1 aromatic heterocycles. The summed E-state index contributed by atoms with van der Waals surface area (Å²) in [6.45, 7) is 0. The van der Waals surface area contributed by atoms with Gasteiger partial charge in [0.05, 0.1) is 0 Å². The van der Waals surface area contributed by atoms with Gasteiger partial charge >= 0.3 is 0 Å². The Kier molecular flexibility index (Phi) is 3.90. The van der Waals surface area contributed by atoms with E-state index in [-0.39, 0.29) is 11.7 Å². The number of anilines is 1. The Bertz CT molecular complexity index is 849. The van der Waals surface area contributed by atoms with Gasteiger partial charge in [0.15, 0.2) is 0 Å². The summed E-state index contributed by atoms with van der Waals surface area (Å²) in [5.41, 5.74) is 1.20. The van der Waals surface area contributed by atoms with E-state index in [4.69, 9.17) is 0 Å². The molecule has 0 aliphatic heterocycles. The molecule has 0 atom stereocenters. The quantitative estimate of drug-likeness (QED) is 0.679. The van der Waals surface area contributed by atoms with Crippen LogP contribution in [0.25, 0.3) is 10.8 Å². The molecule has 0 aliphatic carbocycles. The maximum Gasteiger partial charge on any atom is 0.258 e. The van der Waals surface area contributed by atoms with Gasteiger partial charge in [-0.05, 0) is 57.7 Å². The summed E-state index contributed by atoms with van der Waals surface area (Å²) in [5, 5.41) is 1.88. The van der Waals surface area contributed by atoms with E-state index in [0.29, 0.717) is 11.3 Å². The molecule has 1 heterocycles.